The van der Waals surface area contributed by atoms with E-state index in [9.17, 15) is 4.79 Å². The minimum absolute atomic E-state index is 0.0881. The predicted octanol–water partition coefficient (Wildman–Crippen LogP) is 4.43. The Kier molecular flexibility index (Phi) is 7.78. The van der Waals surface area contributed by atoms with Crippen LogP contribution in [0.4, 0.5) is 0 Å². The van der Waals surface area contributed by atoms with Gasteiger partial charge in [0.2, 0.25) is 11.8 Å². The van der Waals surface area contributed by atoms with E-state index in [2.05, 4.69) is 29.6 Å². The molecule has 0 saturated heterocycles. The molecule has 0 saturated carbocycles. The van der Waals surface area contributed by atoms with Gasteiger partial charge < -0.3 is 18.9 Å². The van der Waals surface area contributed by atoms with Gasteiger partial charge in [0.25, 0.3) is 0 Å². The van der Waals surface area contributed by atoms with E-state index in [1.54, 1.807) is 31.2 Å². The molecule has 156 valence electrons. The number of carbonyl (C=O) groups is 1. The molecule has 2 rings (SSSR count). The Hall–Kier alpha value is -2.87. The SMILES string of the molecule is COc1cc(OC)nc(OC(C)=Cc2ccccc2C(=O)OCC[Si](C)(C)C)n1. The fourth-order valence-electron chi connectivity index (χ4n) is 2.37. The molecule has 1 aromatic carbocycles. The standard InChI is InChI=1S/C21H28N2O5Si/c1-15(28-21-22-18(25-2)14-19(23-21)26-3)13-16-9-7-8-10-17(16)20(24)27-11-12-29(4,5)6/h7-10,13-14H,11-12H2,1-6H3. The van der Waals surface area contributed by atoms with Gasteiger partial charge in [0.05, 0.1) is 32.5 Å². The lowest BCUT2D eigenvalue weighted by Crippen LogP contribution is -2.22. The minimum atomic E-state index is -1.27. The van der Waals surface area contributed by atoms with Crippen molar-refractivity contribution in [3.63, 3.8) is 0 Å². The molecule has 0 aliphatic heterocycles. The van der Waals surface area contributed by atoms with Crippen molar-refractivity contribution >= 4 is 20.1 Å². The van der Waals surface area contributed by atoms with Gasteiger partial charge in [-0.05, 0) is 30.7 Å². The third-order valence-electron chi connectivity index (χ3n) is 3.95. The Morgan fingerprint density at radius 3 is 2.28 bits per heavy atom. The number of carbonyl (C=O) groups excluding carboxylic acids is 1. The van der Waals surface area contributed by atoms with E-state index in [4.69, 9.17) is 18.9 Å². The first-order chi connectivity index (χ1) is 13.7. The lowest BCUT2D eigenvalue weighted by molar-refractivity contribution is 0.0525. The van der Waals surface area contributed by atoms with E-state index in [0.717, 1.165) is 6.04 Å². The van der Waals surface area contributed by atoms with Crippen LogP contribution in [0.5, 0.6) is 17.8 Å². The molecule has 29 heavy (non-hydrogen) atoms. The maximum Gasteiger partial charge on any atom is 0.338 e. The molecule has 7 nitrogen and oxygen atoms in total. The second kappa shape index (κ2) is 10.1. The zero-order valence-corrected chi connectivity index (χ0v) is 18.8. The molecular weight excluding hydrogens is 388 g/mol. The summed E-state index contributed by atoms with van der Waals surface area (Å²) in [4.78, 5) is 20.8. The van der Waals surface area contributed by atoms with E-state index in [0.29, 0.717) is 35.3 Å². The summed E-state index contributed by atoms with van der Waals surface area (Å²) in [6, 6.07) is 9.79. The summed E-state index contributed by atoms with van der Waals surface area (Å²) in [7, 11) is 1.73. The smallest absolute Gasteiger partial charge is 0.338 e. The summed E-state index contributed by atoms with van der Waals surface area (Å²) in [5, 5.41) is 0. The molecule has 0 fully saturated rings. The van der Waals surface area contributed by atoms with Crippen LogP contribution >= 0.6 is 0 Å². The Bertz CT molecular complexity index is 855. The lowest BCUT2D eigenvalue weighted by Gasteiger charge is -2.15. The van der Waals surface area contributed by atoms with Crippen molar-refractivity contribution in [2.75, 3.05) is 20.8 Å². The largest absolute Gasteiger partial charge is 0.481 e. The van der Waals surface area contributed by atoms with E-state index < -0.39 is 8.07 Å². The zero-order chi connectivity index (χ0) is 21.4. The van der Waals surface area contributed by atoms with Gasteiger partial charge in [0.1, 0.15) is 5.76 Å². The van der Waals surface area contributed by atoms with Crippen LogP contribution in [0.3, 0.4) is 0 Å². The van der Waals surface area contributed by atoms with E-state index in [-0.39, 0.29) is 12.0 Å². The quantitative estimate of drug-likeness (QED) is 0.340. The van der Waals surface area contributed by atoms with Crippen LogP contribution in [-0.4, -0.2) is 44.8 Å². The number of hydrogen-bond acceptors (Lipinski definition) is 7. The Morgan fingerprint density at radius 1 is 1.07 bits per heavy atom. The van der Waals surface area contributed by atoms with Crippen LogP contribution in [0.15, 0.2) is 36.1 Å². The second-order valence-electron chi connectivity index (χ2n) is 7.63. The first-order valence-electron chi connectivity index (χ1n) is 9.31. The number of allylic oxidation sites excluding steroid dienone is 1. The first-order valence-corrected chi connectivity index (χ1v) is 13.0. The summed E-state index contributed by atoms with van der Waals surface area (Å²) in [6.45, 7) is 8.91. The molecule has 2 aromatic rings. The van der Waals surface area contributed by atoms with Crippen LogP contribution in [0.2, 0.25) is 25.7 Å². The molecule has 1 aromatic heterocycles. The van der Waals surface area contributed by atoms with E-state index >= 15 is 0 Å². The van der Waals surface area contributed by atoms with Gasteiger partial charge >= 0.3 is 12.0 Å². The number of nitrogens with zero attached hydrogens (tertiary/aromatic N) is 2. The van der Waals surface area contributed by atoms with Crippen molar-refractivity contribution in [1.29, 1.82) is 0 Å². The second-order valence-corrected chi connectivity index (χ2v) is 13.2. The molecule has 0 aliphatic rings. The fourth-order valence-corrected chi connectivity index (χ4v) is 3.08. The van der Waals surface area contributed by atoms with Crippen molar-refractivity contribution in [2.24, 2.45) is 0 Å². The monoisotopic (exact) mass is 416 g/mol. The normalized spacial score (nSPS) is 11.7. The predicted molar refractivity (Wildman–Crippen MR) is 114 cm³/mol. The van der Waals surface area contributed by atoms with Gasteiger partial charge in [-0.25, -0.2) is 4.79 Å². The number of hydrogen-bond donors (Lipinski definition) is 0. The van der Waals surface area contributed by atoms with Gasteiger partial charge in [0.15, 0.2) is 0 Å². The van der Waals surface area contributed by atoms with E-state index in [1.807, 2.05) is 12.1 Å². The highest BCUT2D eigenvalue weighted by Crippen LogP contribution is 2.21. The van der Waals surface area contributed by atoms with Crippen LogP contribution in [0.25, 0.3) is 6.08 Å². The van der Waals surface area contributed by atoms with E-state index in [1.165, 1.54) is 14.2 Å². The lowest BCUT2D eigenvalue weighted by atomic mass is 10.1. The molecule has 1 heterocycles. The Morgan fingerprint density at radius 2 is 1.69 bits per heavy atom. The average molecular weight is 417 g/mol. The Balaban J connectivity index is 2.16. The summed E-state index contributed by atoms with van der Waals surface area (Å²) < 4.78 is 21.4. The molecule has 0 spiro atoms. The zero-order valence-electron chi connectivity index (χ0n) is 17.8. The summed E-state index contributed by atoms with van der Waals surface area (Å²) in [6.07, 6.45) is 1.74. The maximum absolute atomic E-state index is 12.5. The fraction of sp³-hybridized carbons (Fsp3) is 0.381. The topological polar surface area (TPSA) is 79.8 Å². The molecule has 0 atom stereocenters. The number of rotatable bonds is 9. The molecule has 0 radical (unpaired) electrons. The summed E-state index contributed by atoms with van der Waals surface area (Å²) in [5.74, 6) is 0.807. The average Bonchev–Trinajstić information content (AvgIpc) is 2.66. The molecular formula is C21H28N2O5Si. The van der Waals surface area contributed by atoms with Gasteiger partial charge in [-0.1, -0.05) is 37.8 Å². The molecule has 0 N–H and O–H groups in total. The van der Waals surface area contributed by atoms with Gasteiger partial charge in [-0.15, -0.1) is 0 Å². The van der Waals surface area contributed by atoms with Crippen molar-refractivity contribution in [2.45, 2.75) is 32.6 Å². The summed E-state index contributed by atoms with van der Waals surface area (Å²) >= 11 is 0. The van der Waals surface area contributed by atoms with Crippen LogP contribution < -0.4 is 14.2 Å². The molecule has 8 heteroatoms. The van der Waals surface area contributed by atoms with Gasteiger partial charge in [-0.2, -0.15) is 9.97 Å². The number of ether oxygens (including phenoxy) is 4. The summed E-state index contributed by atoms with van der Waals surface area (Å²) in [5.41, 5.74) is 1.17. The first kappa shape index (κ1) is 22.4. The van der Waals surface area contributed by atoms with Crippen LogP contribution in [0.1, 0.15) is 22.8 Å². The third kappa shape index (κ3) is 7.23. The van der Waals surface area contributed by atoms with Crippen LogP contribution in [0, 0.1) is 0 Å². The number of esters is 1. The highest BCUT2D eigenvalue weighted by molar-refractivity contribution is 6.76. The number of methoxy groups -OCH3 is 2. The highest BCUT2D eigenvalue weighted by atomic mass is 28.3. The molecule has 0 amide bonds. The van der Waals surface area contributed by atoms with Crippen molar-refractivity contribution in [1.82, 2.24) is 9.97 Å². The molecule has 0 aliphatic carbocycles. The van der Waals surface area contributed by atoms with Crippen molar-refractivity contribution < 1.29 is 23.7 Å². The minimum Gasteiger partial charge on any atom is -0.481 e. The maximum atomic E-state index is 12.5. The Labute approximate surface area is 172 Å². The van der Waals surface area contributed by atoms with Crippen molar-refractivity contribution in [3.8, 4) is 17.8 Å². The van der Waals surface area contributed by atoms with Crippen LogP contribution in [-0.2, 0) is 4.74 Å². The van der Waals surface area contributed by atoms with Crippen molar-refractivity contribution in [3.05, 3.63) is 47.2 Å². The van der Waals surface area contributed by atoms with Gasteiger partial charge in [0, 0.05) is 8.07 Å². The molecule has 0 unspecified atom stereocenters. The number of aromatic nitrogens is 2. The number of benzene rings is 1. The third-order valence-corrected chi connectivity index (χ3v) is 5.66. The van der Waals surface area contributed by atoms with Gasteiger partial charge in [-0.3, -0.25) is 0 Å². The highest BCUT2D eigenvalue weighted by Gasteiger charge is 2.16. The molecule has 0 bridgehead atoms.